The van der Waals surface area contributed by atoms with E-state index >= 15 is 0 Å². The Labute approximate surface area is 175 Å². The molecule has 1 amide bonds. The average Bonchev–Trinajstić information content (AvgIpc) is 3.02. The number of benzene rings is 2. The Morgan fingerprint density at radius 2 is 1.62 bits per heavy atom. The third-order valence-electron chi connectivity index (χ3n) is 6.22. The number of ether oxygens (including phenoxy) is 1. The van der Waals surface area contributed by atoms with Crippen LogP contribution < -0.4 is 4.90 Å². The second kappa shape index (κ2) is 8.10. The molecule has 2 aliphatic rings. The summed E-state index contributed by atoms with van der Waals surface area (Å²) in [6, 6.07) is 18.7. The molecule has 1 saturated heterocycles. The van der Waals surface area contributed by atoms with Gasteiger partial charge in [0.1, 0.15) is 6.61 Å². The molecule has 0 aliphatic carbocycles. The molecule has 1 spiro atoms. The van der Waals surface area contributed by atoms with Crippen LogP contribution in [0.3, 0.4) is 0 Å². The number of likely N-dealkylation sites (tertiary alicyclic amines) is 1. The molecule has 2 heterocycles. The lowest BCUT2D eigenvalue weighted by molar-refractivity contribution is 0.0786. The van der Waals surface area contributed by atoms with Gasteiger partial charge < -0.3 is 14.5 Å². The van der Waals surface area contributed by atoms with E-state index in [1.54, 1.807) is 0 Å². The topological polar surface area (TPSA) is 32.8 Å². The Hall–Kier alpha value is -2.49. The van der Waals surface area contributed by atoms with Gasteiger partial charge in [0.05, 0.1) is 0 Å². The van der Waals surface area contributed by atoms with E-state index < -0.39 is 0 Å². The van der Waals surface area contributed by atoms with Crippen LogP contribution in [0.5, 0.6) is 0 Å². The van der Waals surface area contributed by atoms with E-state index in [1.165, 1.54) is 11.3 Å². The molecule has 0 bridgehead atoms. The predicted molar refractivity (Wildman–Crippen MR) is 119 cm³/mol. The van der Waals surface area contributed by atoms with E-state index in [4.69, 9.17) is 4.74 Å². The van der Waals surface area contributed by atoms with Crippen LogP contribution in [-0.4, -0.2) is 36.2 Å². The fourth-order valence-corrected chi connectivity index (χ4v) is 4.58. The van der Waals surface area contributed by atoms with Crippen LogP contribution in [0.15, 0.2) is 54.6 Å². The van der Waals surface area contributed by atoms with Crippen LogP contribution in [-0.2, 0) is 16.8 Å². The Balaban J connectivity index is 0.00000240. The number of carbonyl (C=O) groups excluding carboxylic acids is 1. The highest BCUT2D eigenvalue weighted by molar-refractivity contribution is 5.69. The van der Waals surface area contributed by atoms with Crippen molar-refractivity contribution >= 4 is 11.8 Å². The Morgan fingerprint density at radius 3 is 2.28 bits per heavy atom. The normalized spacial score (nSPS) is 17.6. The Morgan fingerprint density at radius 1 is 1.00 bits per heavy atom. The standard InChI is InChI=1S/C24H30N2O2.CH4/c1-23(2,3)26-18-24(20-11-7-8-12-21(20)26)13-15-25(16-14-24)22(27)28-17-19-9-5-4-6-10-19;/h4-12H,13-18H2,1-3H3;1H4. The summed E-state index contributed by atoms with van der Waals surface area (Å²) in [4.78, 5) is 16.9. The molecular formula is C25H34N2O2. The molecule has 2 aromatic carbocycles. The van der Waals surface area contributed by atoms with E-state index in [-0.39, 0.29) is 24.5 Å². The summed E-state index contributed by atoms with van der Waals surface area (Å²) in [5.41, 5.74) is 4.05. The molecule has 0 atom stereocenters. The second-order valence-corrected chi connectivity index (χ2v) is 9.08. The molecule has 156 valence electrons. The van der Waals surface area contributed by atoms with E-state index in [1.807, 2.05) is 35.2 Å². The maximum absolute atomic E-state index is 12.5. The molecule has 4 rings (SSSR count). The Kier molecular flexibility index (Phi) is 5.92. The monoisotopic (exact) mass is 394 g/mol. The summed E-state index contributed by atoms with van der Waals surface area (Å²) < 4.78 is 5.54. The molecule has 29 heavy (non-hydrogen) atoms. The highest BCUT2D eigenvalue weighted by Crippen LogP contribution is 2.49. The van der Waals surface area contributed by atoms with Crippen LogP contribution in [0.4, 0.5) is 10.5 Å². The van der Waals surface area contributed by atoms with Crippen molar-refractivity contribution in [2.75, 3.05) is 24.5 Å². The fourth-order valence-electron chi connectivity index (χ4n) is 4.58. The maximum Gasteiger partial charge on any atom is 0.410 e. The number of nitrogens with zero attached hydrogens (tertiary/aromatic N) is 2. The molecule has 2 aromatic rings. The van der Waals surface area contributed by atoms with Crippen LogP contribution in [0.1, 0.15) is 52.2 Å². The van der Waals surface area contributed by atoms with Gasteiger partial charge in [0.15, 0.2) is 0 Å². The highest BCUT2D eigenvalue weighted by Gasteiger charge is 2.47. The number of hydrogen-bond donors (Lipinski definition) is 0. The maximum atomic E-state index is 12.5. The minimum Gasteiger partial charge on any atom is -0.445 e. The summed E-state index contributed by atoms with van der Waals surface area (Å²) >= 11 is 0. The van der Waals surface area contributed by atoms with Gasteiger partial charge >= 0.3 is 6.09 Å². The van der Waals surface area contributed by atoms with E-state index in [2.05, 4.69) is 49.9 Å². The fraction of sp³-hybridized carbons (Fsp3) is 0.480. The highest BCUT2D eigenvalue weighted by atomic mass is 16.6. The SMILES string of the molecule is C.CC(C)(C)N1CC2(CCN(C(=O)OCc3ccccc3)CC2)c2ccccc21. The van der Waals surface area contributed by atoms with Crippen molar-refractivity contribution in [2.24, 2.45) is 0 Å². The summed E-state index contributed by atoms with van der Waals surface area (Å²) in [6.45, 7) is 9.70. The summed E-state index contributed by atoms with van der Waals surface area (Å²) in [7, 11) is 0. The lowest BCUT2D eigenvalue weighted by Gasteiger charge is -2.41. The summed E-state index contributed by atoms with van der Waals surface area (Å²) in [5, 5.41) is 0. The smallest absolute Gasteiger partial charge is 0.410 e. The molecule has 0 N–H and O–H groups in total. The van der Waals surface area contributed by atoms with Gasteiger partial charge in [-0.25, -0.2) is 4.79 Å². The van der Waals surface area contributed by atoms with Crippen molar-refractivity contribution in [1.82, 2.24) is 4.90 Å². The minimum absolute atomic E-state index is 0. The van der Waals surface area contributed by atoms with Crippen molar-refractivity contribution in [3.8, 4) is 0 Å². The zero-order chi connectivity index (χ0) is 19.8. The predicted octanol–water partition coefficient (Wildman–Crippen LogP) is 5.61. The molecule has 0 unspecified atom stereocenters. The average molecular weight is 395 g/mol. The lowest BCUT2D eigenvalue weighted by atomic mass is 9.74. The van der Waals surface area contributed by atoms with Crippen LogP contribution in [0.2, 0.25) is 0 Å². The second-order valence-electron chi connectivity index (χ2n) is 9.08. The van der Waals surface area contributed by atoms with Gasteiger partial charge in [-0.2, -0.15) is 0 Å². The summed E-state index contributed by atoms with van der Waals surface area (Å²) in [5.74, 6) is 0. The first-order valence-electron chi connectivity index (χ1n) is 10.2. The largest absolute Gasteiger partial charge is 0.445 e. The van der Waals surface area contributed by atoms with E-state index in [9.17, 15) is 4.79 Å². The minimum atomic E-state index is -0.197. The molecule has 4 heteroatoms. The zero-order valence-electron chi connectivity index (χ0n) is 17.1. The molecule has 0 radical (unpaired) electrons. The first-order valence-corrected chi connectivity index (χ1v) is 10.2. The van der Waals surface area contributed by atoms with Gasteiger partial charge in [0, 0.05) is 36.3 Å². The van der Waals surface area contributed by atoms with Gasteiger partial charge in [-0.05, 0) is 50.8 Å². The van der Waals surface area contributed by atoms with Crippen molar-refractivity contribution < 1.29 is 9.53 Å². The first kappa shape index (κ1) is 21.2. The van der Waals surface area contributed by atoms with Gasteiger partial charge in [-0.15, -0.1) is 0 Å². The third kappa shape index (κ3) is 4.12. The number of fused-ring (bicyclic) bond motifs is 2. The van der Waals surface area contributed by atoms with Crippen LogP contribution >= 0.6 is 0 Å². The molecule has 0 saturated carbocycles. The van der Waals surface area contributed by atoms with Gasteiger partial charge in [0.25, 0.3) is 0 Å². The number of carbonyl (C=O) groups is 1. The van der Waals surface area contributed by atoms with Gasteiger partial charge in [-0.1, -0.05) is 56.0 Å². The third-order valence-corrected chi connectivity index (χ3v) is 6.22. The number of anilines is 1. The van der Waals surface area contributed by atoms with E-state index in [0.717, 1.165) is 38.0 Å². The van der Waals surface area contributed by atoms with Crippen molar-refractivity contribution in [3.63, 3.8) is 0 Å². The van der Waals surface area contributed by atoms with Gasteiger partial charge in [0.2, 0.25) is 0 Å². The first-order chi connectivity index (χ1) is 13.4. The number of piperidine rings is 1. The molecule has 0 aromatic heterocycles. The number of para-hydroxylation sites is 1. The molecule has 1 fully saturated rings. The Bertz CT molecular complexity index is 833. The van der Waals surface area contributed by atoms with Crippen LogP contribution in [0, 0.1) is 0 Å². The van der Waals surface area contributed by atoms with Crippen molar-refractivity contribution in [3.05, 3.63) is 65.7 Å². The quantitative estimate of drug-likeness (QED) is 0.663. The molecule has 2 aliphatic heterocycles. The van der Waals surface area contributed by atoms with Crippen LogP contribution in [0.25, 0.3) is 0 Å². The number of hydrogen-bond acceptors (Lipinski definition) is 3. The summed E-state index contributed by atoms with van der Waals surface area (Å²) in [6.07, 6.45) is 1.77. The van der Waals surface area contributed by atoms with Crippen molar-refractivity contribution in [2.45, 2.75) is 58.6 Å². The molecule has 4 nitrogen and oxygen atoms in total. The zero-order valence-corrected chi connectivity index (χ0v) is 17.1. The lowest BCUT2D eigenvalue weighted by Crippen LogP contribution is -2.50. The van der Waals surface area contributed by atoms with E-state index in [0.29, 0.717) is 6.61 Å². The number of amides is 1. The van der Waals surface area contributed by atoms with Gasteiger partial charge in [-0.3, -0.25) is 0 Å². The molecular weight excluding hydrogens is 360 g/mol. The van der Waals surface area contributed by atoms with Crippen molar-refractivity contribution in [1.29, 1.82) is 0 Å². The number of rotatable bonds is 2.